The SMILES string of the molecule is CCOC(=O)c1cc(NC(=O)/C(=C/c2ccccc2Cl)c2ccccc2)ccc1Cl. The van der Waals surface area contributed by atoms with E-state index in [9.17, 15) is 9.59 Å². The molecule has 0 aliphatic carbocycles. The molecule has 0 spiro atoms. The number of hydrogen-bond acceptors (Lipinski definition) is 3. The van der Waals surface area contributed by atoms with Crippen molar-refractivity contribution < 1.29 is 14.3 Å². The van der Waals surface area contributed by atoms with Crippen molar-refractivity contribution in [1.29, 1.82) is 0 Å². The van der Waals surface area contributed by atoms with Crippen molar-refractivity contribution in [2.45, 2.75) is 6.92 Å². The molecule has 3 rings (SSSR count). The Morgan fingerprint density at radius 1 is 0.933 bits per heavy atom. The van der Waals surface area contributed by atoms with E-state index < -0.39 is 5.97 Å². The quantitative estimate of drug-likeness (QED) is 0.276. The van der Waals surface area contributed by atoms with Gasteiger partial charge in [-0.3, -0.25) is 4.79 Å². The maximum atomic E-state index is 13.1. The van der Waals surface area contributed by atoms with E-state index in [2.05, 4.69) is 5.32 Å². The molecule has 0 saturated heterocycles. The second-order valence-corrected chi connectivity index (χ2v) is 7.13. The number of rotatable bonds is 6. The number of carbonyl (C=O) groups is 2. The van der Waals surface area contributed by atoms with Crippen molar-refractivity contribution >= 4 is 52.4 Å². The lowest BCUT2D eigenvalue weighted by atomic mass is 10.0. The standard InChI is InChI=1S/C24H19Cl2NO3/c1-2-30-24(29)20-15-18(12-13-22(20)26)27-23(28)19(16-8-4-3-5-9-16)14-17-10-6-7-11-21(17)25/h3-15H,2H2,1H3,(H,27,28)/b19-14+. The number of nitrogens with one attached hydrogen (secondary N) is 1. The van der Waals surface area contributed by atoms with Crippen LogP contribution >= 0.6 is 23.2 Å². The Labute approximate surface area is 185 Å². The van der Waals surface area contributed by atoms with Gasteiger partial charge in [-0.2, -0.15) is 0 Å². The van der Waals surface area contributed by atoms with Crippen molar-refractivity contribution in [3.8, 4) is 0 Å². The van der Waals surface area contributed by atoms with Crippen molar-refractivity contribution in [2.75, 3.05) is 11.9 Å². The lowest BCUT2D eigenvalue weighted by molar-refractivity contribution is -0.111. The zero-order chi connectivity index (χ0) is 21.5. The molecule has 30 heavy (non-hydrogen) atoms. The molecule has 0 aliphatic rings. The monoisotopic (exact) mass is 439 g/mol. The van der Waals surface area contributed by atoms with Crippen LogP contribution < -0.4 is 5.32 Å². The third-order valence-corrected chi connectivity index (χ3v) is 4.93. The average molecular weight is 440 g/mol. The molecule has 152 valence electrons. The molecule has 1 N–H and O–H groups in total. The maximum absolute atomic E-state index is 13.1. The lowest BCUT2D eigenvalue weighted by Gasteiger charge is -2.12. The van der Waals surface area contributed by atoms with E-state index in [1.54, 1.807) is 31.2 Å². The molecule has 3 aromatic rings. The Morgan fingerprint density at radius 2 is 1.63 bits per heavy atom. The summed E-state index contributed by atoms with van der Waals surface area (Å²) in [5.41, 5.74) is 2.49. The molecular weight excluding hydrogens is 421 g/mol. The number of ether oxygens (including phenoxy) is 1. The molecule has 1 amide bonds. The summed E-state index contributed by atoms with van der Waals surface area (Å²) < 4.78 is 5.02. The van der Waals surface area contributed by atoms with Gasteiger partial charge in [-0.05, 0) is 48.4 Å². The summed E-state index contributed by atoms with van der Waals surface area (Å²) in [5.74, 6) is -0.897. The highest BCUT2D eigenvalue weighted by atomic mass is 35.5. The van der Waals surface area contributed by atoms with E-state index in [-0.39, 0.29) is 23.1 Å². The van der Waals surface area contributed by atoms with Gasteiger partial charge >= 0.3 is 5.97 Å². The van der Waals surface area contributed by atoms with Gasteiger partial charge < -0.3 is 10.1 Å². The molecule has 0 fully saturated rings. The molecule has 0 aromatic heterocycles. The molecule has 0 aliphatic heterocycles. The molecule has 0 heterocycles. The van der Waals surface area contributed by atoms with Crippen LogP contribution in [0, 0.1) is 0 Å². The molecule has 0 atom stereocenters. The number of anilines is 1. The van der Waals surface area contributed by atoms with Gasteiger partial charge in [0, 0.05) is 16.3 Å². The van der Waals surface area contributed by atoms with Crippen LogP contribution in [0.3, 0.4) is 0 Å². The summed E-state index contributed by atoms with van der Waals surface area (Å²) in [4.78, 5) is 25.2. The minimum absolute atomic E-state index is 0.188. The molecule has 0 unspecified atom stereocenters. The van der Waals surface area contributed by atoms with Crippen LogP contribution in [0.5, 0.6) is 0 Å². The van der Waals surface area contributed by atoms with Crippen LogP contribution in [-0.2, 0) is 9.53 Å². The largest absolute Gasteiger partial charge is 0.462 e. The number of carbonyl (C=O) groups excluding carboxylic acids is 2. The number of benzene rings is 3. The minimum atomic E-state index is -0.548. The molecule has 4 nitrogen and oxygen atoms in total. The van der Waals surface area contributed by atoms with Crippen molar-refractivity contribution in [2.24, 2.45) is 0 Å². The Kier molecular flexibility index (Phi) is 7.28. The van der Waals surface area contributed by atoms with Gasteiger partial charge in [0.15, 0.2) is 0 Å². The zero-order valence-electron chi connectivity index (χ0n) is 16.2. The van der Waals surface area contributed by atoms with Gasteiger partial charge in [0.2, 0.25) is 0 Å². The van der Waals surface area contributed by atoms with Crippen LogP contribution in [0.4, 0.5) is 5.69 Å². The Balaban J connectivity index is 1.96. The zero-order valence-corrected chi connectivity index (χ0v) is 17.7. The highest BCUT2D eigenvalue weighted by molar-refractivity contribution is 6.35. The first-order valence-corrected chi connectivity index (χ1v) is 10.0. The number of amides is 1. The summed E-state index contributed by atoms with van der Waals surface area (Å²) in [6, 6.07) is 21.2. The Morgan fingerprint density at radius 3 is 2.33 bits per heavy atom. The third-order valence-electron chi connectivity index (χ3n) is 4.25. The first kappa shape index (κ1) is 21.6. The van der Waals surface area contributed by atoms with Crippen LogP contribution in [0.1, 0.15) is 28.4 Å². The summed E-state index contributed by atoms with van der Waals surface area (Å²) in [5, 5.41) is 3.62. The van der Waals surface area contributed by atoms with E-state index in [1.165, 1.54) is 6.07 Å². The maximum Gasteiger partial charge on any atom is 0.339 e. The molecule has 0 saturated carbocycles. The van der Waals surface area contributed by atoms with Crippen molar-refractivity contribution in [3.63, 3.8) is 0 Å². The highest BCUT2D eigenvalue weighted by Gasteiger charge is 2.16. The van der Waals surface area contributed by atoms with Crippen LogP contribution in [0.15, 0.2) is 72.8 Å². The summed E-state index contributed by atoms with van der Waals surface area (Å²) in [6.07, 6.45) is 1.73. The fourth-order valence-electron chi connectivity index (χ4n) is 2.81. The minimum Gasteiger partial charge on any atom is -0.462 e. The Bertz CT molecular complexity index is 1090. The number of halogens is 2. The van der Waals surface area contributed by atoms with E-state index >= 15 is 0 Å². The molecule has 0 bridgehead atoms. The fraction of sp³-hybridized carbons (Fsp3) is 0.0833. The molecule has 6 heteroatoms. The topological polar surface area (TPSA) is 55.4 Å². The van der Waals surface area contributed by atoms with Gasteiger partial charge in [0.05, 0.1) is 17.2 Å². The van der Waals surface area contributed by atoms with Gasteiger partial charge in [0.1, 0.15) is 0 Å². The van der Waals surface area contributed by atoms with Crippen molar-refractivity contribution in [3.05, 3.63) is 99.5 Å². The van der Waals surface area contributed by atoms with E-state index in [0.29, 0.717) is 16.3 Å². The normalized spacial score (nSPS) is 11.1. The van der Waals surface area contributed by atoms with E-state index in [4.69, 9.17) is 27.9 Å². The third kappa shape index (κ3) is 5.29. The van der Waals surface area contributed by atoms with Gasteiger partial charge in [-0.1, -0.05) is 71.7 Å². The highest BCUT2D eigenvalue weighted by Crippen LogP contribution is 2.26. The van der Waals surface area contributed by atoms with E-state index in [0.717, 1.165) is 11.1 Å². The van der Waals surface area contributed by atoms with E-state index in [1.807, 2.05) is 48.5 Å². The van der Waals surface area contributed by atoms with Crippen LogP contribution in [0.2, 0.25) is 10.0 Å². The average Bonchev–Trinajstić information content (AvgIpc) is 2.75. The van der Waals surface area contributed by atoms with Gasteiger partial charge in [-0.25, -0.2) is 4.79 Å². The number of esters is 1. The second kappa shape index (κ2) is 10.1. The molecular formula is C24H19Cl2NO3. The summed E-state index contributed by atoms with van der Waals surface area (Å²) in [7, 11) is 0. The molecule has 3 aromatic carbocycles. The first-order valence-electron chi connectivity index (χ1n) is 9.29. The van der Waals surface area contributed by atoms with Crippen LogP contribution in [0.25, 0.3) is 11.6 Å². The van der Waals surface area contributed by atoms with Crippen LogP contribution in [-0.4, -0.2) is 18.5 Å². The fourth-order valence-corrected chi connectivity index (χ4v) is 3.20. The smallest absolute Gasteiger partial charge is 0.339 e. The second-order valence-electron chi connectivity index (χ2n) is 6.31. The number of hydrogen-bond donors (Lipinski definition) is 1. The van der Waals surface area contributed by atoms with Crippen molar-refractivity contribution in [1.82, 2.24) is 0 Å². The predicted molar refractivity (Wildman–Crippen MR) is 122 cm³/mol. The summed E-state index contributed by atoms with van der Waals surface area (Å²) >= 11 is 12.4. The van der Waals surface area contributed by atoms with Gasteiger partial charge in [-0.15, -0.1) is 0 Å². The Hall–Kier alpha value is -3.08. The molecule has 0 radical (unpaired) electrons. The van der Waals surface area contributed by atoms with Gasteiger partial charge in [0.25, 0.3) is 5.91 Å². The lowest BCUT2D eigenvalue weighted by Crippen LogP contribution is -2.14. The first-order chi connectivity index (χ1) is 14.5. The predicted octanol–water partition coefficient (Wildman–Crippen LogP) is 6.35. The summed E-state index contributed by atoms with van der Waals surface area (Å²) in [6.45, 7) is 1.94.